The minimum Gasteiger partial charge on any atom is -0.508 e. The van der Waals surface area contributed by atoms with Crippen LogP contribution in [0.25, 0.3) is 0 Å². The van der Waals surface area contributed by atoms with E-state index in [1.54, 1.807) is 13.8 Å². The fraction of sp³-hybridized carbons (Fsp3) is 0.605. The lowest BCUT2D eigenvalue weighted by Crippen LogP contribution is -2.60. The Balaban J connectivity index is 2.45. The van der Waals surface area contributed by atoms with Crippen LogP contribution in [0, 0.1) is 11.8 Å². The van der Waals surface area contributed by atoms with Crippen LogP contribution in [0.5, 0.6) is 5.75 Å². The smallest absolute Gasteiger partial charge is 0.243 e. The standard InChI is InChI=1S/C43H67N11O13S/c1-5-24(4)37-43(66)52-27(12-13-32(44)56)40(63)53-31(21-33(45)57)41(64)51-28(38(61)47-16-6-7-35(59)49-29(19-23(2)3)39(62)48-22-34(46)58)14-17-68(67)18-15-36(60)50-30(42(65)54-37)20-25-8-10-26(55)11-9-25/h8-11,23-24,27-31,37,55H,5-7,12-22H2,1-4H3,(H2,44,56)(H2,45,57)(H2,46,58)(H,47,61)(H,48,62)(H,49,59)(H,50,60)(H,51,64)(H,52,66)(H,53,63)(H,54,65)/t24-,27-,28-,29-,30+,31-,37-,68?/m0/s1. The largest absolute Gasteiger partial charge is 0.508 e. The Bertz CT molecular complexity index is 2000. The number of aromatic hydroxyl groups is 1. The van der Waals surface area contributed by atoms with Gasteiger partial charge in [0.1, 0.15) is 42.0 Å². The molecule has 8 atom stereocenters. The molecule has 0 saturated carbocycles. The van der Waals surface area contributed by atoms with Crippen LogP contribution >= 0.6 is 0 Å². The number of phenols is 1. The highest BCUT2D eigenvalue weighted by atomic mass is 32.2. The third-order valence-corrected chi connectivity index (χ3v) is 12.0. The summed E-state index contributed by atoms with van der Waals surface area (Å²) in [4.78, 5) is 143. The van der Waals surface area contributed by atoms with Crippen LogP contribution in [-0.2, 0) is 70.0 Å². The molecular formula is C43H67N11O13S. The van der Waals surface area contributed by atoms with Gasteiger partial charge in [0, 0.05) is 54.5 Å². The van der Waals surface area contributed by atoms with E-state index in [2.05, 4.69) is 42.5 Å². The van der Waals surface area contributed by atoms with E-state index in [0.717, 1.165) is 0 Å². The van der Waals surface area contributed by atoms with E-state index in [9.17, 15) is 62.1 Å². The quantitative estimate of drug-likeness (QED) is 0.0557. The first-order chi connectivity index (χ1) is 32.0. The van der Waals surface area contributed by atoms with Gasteiger partial charge in [0.2, 0.25) is 65.0 Å². The molecule has 0 radical (unpaired) electrons. The van der Waals surface area contributed by atoms with Gasteiger partial charge >= 0.3 is 0 Å². The van der Waals surface area contributed by atoms with Gasteiger partial charge in [0.05, 0.1) is 13.0 Å². The van der Waals surface area contributed by atoms with Crippen LogP contribution in [0.3, 0.4) is 0 Å². The highest BCUT2D eigenvalue weighted by Gasteiger charge is 2.35. The van der Waals surface area contributed by atoms with E-state index in [1.807, 2.05) is 13.8 Å². The van der Waals surface area contributed by atoms with Crippen molar-refractivity contribution in [1.29, 1.82) is 0 Å². The molecule has 24 nitrogen and oxygen atoms in total. The van der Waals surface area contributed by atoms with Gasteiger partial charge in [-0.3, -0.25) is 56.9 Å². The Morgan fingerprint density at radius 2 is 1.40 bits per heavy atom. The van der Waals surface area contributed by atoms with Crippen molar-refractivity contribution in [3.8, 4) is 5.75 Å². The van der Waals surface area contributed by atoms with Gasteiger partial charge in [-0.05, 0) is 55.2 Å². The molecule has 68 heavy (non-hydrogen) atoms. The molecule has 11 amide bonds. The second-order valence-corrected chi connectivity index (χ2v) is 18.6. The van der Waals surface area contributed by atoms with Crippen molar-refractivity contribution in [2.75, 3.05) is 24.6 Å². The maximum atomic E-state index is 14.0. The highest BCUT2D eigenvalue weighted by Crippen LogP contribution is 2.15. The van der Waals surface area contributed by atoms with E-state index in [0.29, 0.717) is 12.0 Å². The van der Waals surface area contributed by atoms with Crippen LogP contribution in [0.1, 0.15) is 91.0 Å². The number of hydrogen-bond acceptors (Lipinski definition) is 13. The van der Waals surface area contributed by atoms with Crippen LogP contribution in [0.2, 0.25) is 0 Å². The summed E-state index contributed by atoms with van der Waals surface area (Å²) >= 11 is 0. The number of carbonyl (C=O) groups excluding carboxylic acids is 11. The zero-order valence-electron chi connectivity index (χ0n) is 38.8. The first-order valence-electron chi connectivity index (χ1n) is 22.3. The summed E-state index contributed by atoms with van der Waals surface area (Å²) in [6, 6.07) is -2.59. The molecule has 1 aliphatic rings. The predicted molar refractivity (Wildman–Crippen MR) is 246 cm³/mol. The number of primary amides is 3. The van der Waals surface area contributed by atoms with Crippen LogP contribution in [-0.4, -0.2) is 135 Å². The molecule has 15 N–H and O–H groups in total. The molecule has 1 saturated heterocycles. The maximum Gasteiger partial charge on any atom is 0.243 e. The predicted octanol–water partition coefficient (Wildman–Crippen LogP) is -3.88. The summed E-state index contributed by atoms with van der Waals surface area (Å²) in [6.07, 6.45) is -1.94. The Morgan fingerprint density at radius 3 is 2.00 bits per heavy atom. The van der Waals surface area contributed by atoms with Gasteiger partial charge in [-0.15, -0.1) is 0 Å². The minimum atomic E-state index is -1.81. The Kier molecular flexibility index (Phi) is 24.7. The maximum absolute atomic E-state index is 14.0. The topological polar surface area (TPSA) is 399 Å². The number of nitrogens with one attached hydrogen (secondary N) is 8. The first kappa shape index (κ1) is 57.5. The molecule has 0 spiro atoms. The van der Waals surface area contributed by atoms with Crippen molar-refractivity contribution in [3.05, 3.63) is 29.8 Å². The first-order valence-corrected chi connectivity index (χ1v) is 23.8. The second-order valence-electron chi connectivity index (χ2n) is 16.9. The molecule has 1 heterocycles. The highest BCUT2D eigenvalue weighted by molar-refractivity contribution is 7.85. The molecule has 25 heteroatoms. The molecule has 1 aromatic carbocycles. The minimum absolute atomic E-state index is 0.0159. The summed E-state index contributed by atoms with van der Waals surface area (Å²) in [7, 11) is -1.81. The van der Waals surface area contributed by atoms with Crippen molar-refractivity contribution in [3.63, 3.8) is 0 Å². The third-order valence-electron chi connectivity index (χ3n) is 10.7. The average molecular weight is 978 g/mol. The monoisotopic (exact) mass is 977 g/mol. The Morgan fingerprint density at radius 1 is 0.765 bits per heavy atom. The molecule has 0 aliphatic carbocycles. The molecule has 1 unspecified atom stereocenters. The van der Waals surface area contributed by atoms with Crippen LogP contribution < -0.4 is 59.7 Å². The third kappa shape index (κ3) is 21.8. The number of hydrogen-bond donors (Lipinski definition) is 12. The van der Waals surface area contributed by atoms with Crippen LogP contribution in [0.15, 0.2) is 24.3 Å². The molecule has 378 valence electrons. The van der Waals surface area contributed by atoms with Crippen molar-refractivity contribution in [2.45, 2.75) is 128 Å². The van der Waals surface area contributed by atoms with Gasteiger partial charge in [-0.2, -0.15) is 0 Å². The summed E-state index contributed by atoms with van der Waals surface area (Å²) < 4.78 is 13.3. The normalized spacial score (nSPS) is 22.1. The molecule has 1 aliphatic heterocycles. The Labute approximate surface area is 396 Å². The lowest BCUT2D eigenvalue weighted by molar-refractivity contribution is -0.136. The lowest BCUT2D eigenvalue weighted by atomic mass is 9.96. The summed E-state index contributed by atoms with van der Waals surface area (Å²) in [5.41, 5.74) is 16.4. The fourth-order valence-electron chi connectivity index (χ4n) is 6.75. The van der Waals surface area contributed by atoms with E-state index >= 15 is 0 Å². The molecule has 1 fully saturated rings. The molecule has 1 aromatic rings. The van der Waals surface area contributed by atoms with Gasteiger partial charge in [0.25, 0.3) is 0 Å². The van der Waals surface area contributed by atoms with Crippen molar-refractivity contribution < 1.29 is 62.1 Å². The SMILES string of the molecule is CC[C@H](C)[C@@H]1NC(=O)[C@@H](Cc2ccc(O)cc2)NC(=O)CCS(=O)CC[C@@H](C(=O)NCCCC(=O)N[C@@H](CC(C)C)C(=O)NCC(N)=O)NC(=O)[C@H](CC(N)=O)NC(=O)[C@H](CCC(N)=O)NC1=O. The lowest BCUT2D eigenvalue weighted by Gasteiger charge is -2.29. The molecule has 0 bridgehead atoms. The molecule has 0 aromatic heterocycles. The van der Waals surface area contributed by atoms with E-state index in [4.69, 9.17) is 17.2 Å². The molecule has 2 rings (SSSR count). The van der Waals surface area contributed by atoms with Crippen molar-refractivity contribution in [2.24, 2.45) is 29.0 Å². The van der Waals surface area contributed by atoms with Crippen molar-refractivity contribution in [1.82, 2.24) is 42.5 Å². The zero-order valence-corrected chi connectivity index (χ0v) is 39.6. The van der Waals surface area contributed by atoms with Gasteiger partial charge in [-0.1, -0.05) is 46.2 Å². The second kappa shape index (κ2) is 29.2. The summed E-state index contributed by atoms with van der Waals surface area (Å²) in [5, 5.41) is 29.9. The van der Waals surface area contributed by atoms with Gasteiger partial charge in [-0.25, -0.2) is 0 Å². The summed E-state index contributed by atoms with van der Waals surface area (Å²) in [5.74, 6) is -10.4. The number of amides is 11. The Hall–Kier alpha value is -6.66. The van der Waals surface area contributed by atoms with E-state index < -0.39 is 144 Å². The number of nitrogens with two attached hydrogens (primary N) is 3. The number of rotatable bonds is 20. The van der Waals surface area contributed by atoms with Gasteiger partial charge in [0.15, 0.2) is 0 Å². The average Bonchev–Trinajstić information content (AvgIpc) is 3.26. The van der Waals surface area contributed by atoms with E-state index in [-0.39, 0.29) is 68.2 Å². The fourth-order valence-corrected chi connectivity index (χ4v) is 7.86. The van der Waals surface area contributed by atoms with E-state index in [1.165, 1.54) is 24.3 Å². The number of carbonyl (C=O) groups is 11. The van der Waals surface area contributed by atoms with Gasteiger partial charge < -0.3 is 64.8 Å². The van der Waals surface area contributed by atoms with Crippen molar-refractivity contribution >= 4 is 75.8 Å². The molecular weight excluding hydrogens is 911 g/mol. The zero-order chi connectivity index (χ0) is 51.1. The van der Waals surface area contributed by atoms with Crippen LogP contribution in [0.4, 0.5) is 0 Å². The summed E-state index contributed by atoms with van der Waals surface area (Å²) in [6.45, 7) is 6.47. The number of phenolic OH excluding ortho intramolecular Hbond substituents is 1. The number of benzene rings is 1.